The third kappa shape index (κ3) is 6.68. The van der Waals surface area contributed by atoms with Gasteiger partial charge in [0.05, 0.1) is 32.1 Å². The summed E-state index contributed by atoms with van der Waals surface area (Å²) in [5.74, 6) is 1.64. The van der Waals surface area contributed by atoms with Crippen LogP contribution in [0.25, 0.3) is 11.0 Å². The minimum Gasteiger partial charge on any atom is -0.459 e. The summed E-state index contributed by atoms with van der Waals surface area (Å²) in [5.41, 5.74) is 0.872. The van der Waals surface area contributed by atoms with Crippen molar-refractivity contribution < 1.29 is 17.6 Å². The van der Waals surface area contributed by atoms with Crippen LogP contribution in [0.4, 0.5) is 0 Å². The van der Waals surface area contributed by atoms with Gasteiger partial charge in [0.15, 0.2) is 5.96 Å². The molecule has 2 aromatic rings. The molecule has 2 rings (SSSR count). The maximum atomic E-state index is 11.1. The number of hydrogen-bond donors (Lipinski definition) is 1. The third-order valence-electron chi connectivity index (χ3n) is 3.66. The SMILES string of the molecule is CCNC(=NCCOCCS(C)(=O)=O)N(C)Cc1cc2ccccc2o1. The van der Waals surface area contributed by atoms with Gasteiger partial charge < -0.3 is 19.4 Å². The van der Waals surface area contributed by atoms with Crippen LogP contribution in [-0.4, -0.2) is 64.6 Å². The van der Waals surface area contributed by atoms with Crippen molar-refractivity contribution in [1.29, 1.82) is 0 Å². The number of sulfone groups is 1. The number of fused-ring (bicyclic) bond motifs is 1. The largest absolute Gasteiger partial charge is 0.459 e. The van der Waals surface area contributed by atoms with E-state index in [4.69, 9.17) is 9.15 Å². The van der Waals surface area contributed by atoms with E-state index in [1.165, 1.54) is 6.26 Å². The van der Waals surface area contributed by atoms with Gasteiger partial charge in [-0.05, 0) is 19.1 Å². The Morgan fingerprint density at radius 3 is 2.77 bits per heavy atom. The zero-order valence-electron chi connectivity index (χ0n) is 15.6. The molecule has 0 bridgehead atoms. The van der Waals surface area contributed by atoms with Crippen LogP contribution in [0.1, 0.15) is 12.7 Å². The first-order chi connectivity index (χ1) is 12.4. The topological polar surface area (TPSA) is 84.1 Å². The fraction of sp³-hybridized carbons (Fsp3) is 0.500. The lowest BCUT2D eigenvalue weighted by Gasteiger charge is -2.21. The quantitative estimate of drug-likeness (QED) is 0.406. The normalized spacial score (nSPS) is 12.5. The highest BCUT2D eigenvalue weighted by molar-refractivity contribution is 7.90. The Morgan fingerprint density at radius 2 is 2.08 bits per heavy atom. The predicted molar refractivity (Wildman–Crippen MR) is 104 cm³/mol. The van der Waals surface area contributed by atoms with Crippen molar-refractivity contribution in [1.82, 2.24) is 10.2 Å². The molecule has 0 aliphatic heterocycles. The fourth-order valence-electron chi connectivity index (χ4n) is 2.42. The van der Waals surface area contributed by atoms with Gasteiger partial charge >= 0.3 is 0 Å². The summed E-state index contributed by atoms with van der Waals surface area (Å²) in [4.78, 5) is 6.50. The maximum Gasteiger partial charge on any atom is 0.194 e. The molecule has 1 aromatic heterocycles. The van der Waals surface area contributed by atoms with Crippen molar-refractivity contribution >= 4 is 26.8 Å². The summed E-state index contributed by atoms with van der Waals surface area (Å²) in [6.45, 7) is 4.38. The lowest BCUT2D eigenvalue weighted by atomic mass is 10.2. The first kappa shape index (κ1) is 20.3. The number of para-hydroxylation sites is 1. The second-order valence-electron chi connectivity index (χ2n) is 6.08. The van der Waals surface area contributed by atoms with E-state index in [0.717, 1.165) is 29.2 Å². The molecule has 0 saturated carbocycles. The number of ether oxygens (including phenoxy) is 1. The van der Waals surface area contributed by atoms with Gasteiger partial charge in [0.25, 0.3) is 0 Å². The van der Waals surface area contributed by atoms with E-state index in [9.17, 15) is 8.42 Å². The lowest BCUT2D eigenvalue weighted by Crippen LogP contribution is -2.38. The van der Waals surface area contributed by atoms with Gasteiger partial charge in [-0.15, -0.1) is 0 Å². The van der Waals surface area contributed by atoms with Gasteiger partial charge in [-0.1, -0.05) is 18.2 Å². The van der Waals surface area contributed by atoms with Crippen LogP contribution < -0.4 is 5.32 Å². The Hall–Kier alpha value is -2.06. The Kier molecular flexibility index (Phi) is 7.47. The van der Waals surface area contributed by atoms with Gasteiger partial charge in [-0.2, -0.15) is 0 Å². The van der Waals surface area contributed by atoms with E-state index in [-0.39, 0.29) is 12.4 Å². The molecule has 1 N–H and O–H groups in total. The van der Waals surface area contributed by atoms with Gasteiger partial charge in [-0.3, -0.25) is 4.99 Å². The minimum atomic E-state index is -2.99. The second-order valence-corrected chi connectivity index (χ2v) is 8.34. The standard InChI is InChI=1S/C18H27N3O4S/c1-4-19-18(20-9-10-24-11-12-26(3,22)23)21(2)14-16-13-15-7-5-6-8-17(15)25-16/h5-8,13H,4,9-12,14H2,1-3H3,(H,19,20). The molecule has 1 heterocycles. The molecule has 0 amide bonds. The van der Waals surface area contributed by atoms with Crippen molar-refractivity contribution in [3.8, 4) is 0 Å². The molecular formula is C18H27N3O4S. The van der Waals surface area contributed by atoms with Crippen LogP contribution in [0.2, 0.25) is 0 Å². The minimum absolute atomic E-state index is 0.0305. The van der Waals surface area contributed by atoms with E-state index in [2.05, 4.69) is 10.3 Å². The van der Waals surface area contributed by atoms with E-state index in [1.54, 1.807) is 0 Å². The fourth-order valence-corrected chi connectivity index (χ4v) is 2.84. The van der Waals surface area contributed by atoms with Crippen molar-refractivity contribution in [2.75, 3.05) is 45.4 Å². The number of furan rings is 1. The van der Waals surface area contributed by atoms with Crippen molar-refractivity contribution in [3.05, 3.63) is 36.1 Å². The molecule has 1 aromatic carbocycles. The number of hydrogen-bond acceptors (Lipinski definition) is 5. The summed E-state index contributed by atoms with van der Waals surface area (Å²) >= 11 is 0. The molecule has 0 aliphatic carbocycles. The van der Waals surface area contributed by atoms with E-state index in [1.807, 2.05) is 49.2 Å². The third-order valence-corrected chi connectivity index (χ3v) is 4.57. The highest BCUT2D eigenvalue weighted by Gasteiger charge is 2.10. The summed E-state index contributed by atoms with van der Waals surface area (Å²) in [6, 6.07) is 9.94. The molecule has 26 heavy (non-hydrogen) atoms. The molecule has 0 aliphatic rings. The number of aliphatic imine (C=N–C) groups is 1. The first-order valence-corrected chi connectivity index (χ1v) is 10.7. The predicted octanol–water partition coefficient (Wildman–Crippen LogP) is 1.89. The molecule has 144 valence electrons. The lowest BCUT2D eigenvalue weighted by molar-refractivity contribution is 0.157. The van der Waals surface area contributed by atoms with Gasteiger partial charge in [0.2, 0.25) is 0 Å². The average Bonchev–Trinajstić information content (AvgIpc) is 2.98. The van der Waals surface area contributed by atoms with Crippen LogP contribution in [0.5, 0.6) is 0 Å². The van der Waals surface area contributed by atoms with Crippen LogP contribution in [0.15, 0.2) is 39.7 Å². The van der Waals surface area contributed by atoms with Crippen molar-refractivity contribution in [2.45, 2.75) is 13.5 Å². The maximum absolute atomic E-state index is 11.1. The Labute approximate surface area is 155 Å². The molecule has 0 radical (unpaired) electrons. The zero-order valence-corrected chi connectivity index (χ0v) is 16.4. The van der Waals surface area contributed by atoms with Crippen molar-refractivity contribution in [2.24, 2.45) is 4.99 Å². The van der Waals surface area contributed by atoms with E-state index < -0.39 is 9.84 Å². The molecule has 0 unspecified atom stereocenters. The zero-order chi connectivity index (χ0) is 19.0. The molecule has 8 heteroatoms. The highest BCUT2D eigenvalue weighted by atomic mass is 32.2. The number of rotatable bonds is 9. The molecular weight excluding hydrogens is 354 g/mol. The summed E-state index contributed by atoms with van der Waals surface area (Å²) < 4.78 is 33.3. The number of nitrogens with one attached hydrogen (secondary N) is 1. The molecule has 0 saturated heterocycles. The van der Waals surface area contributed by atoms with E-state index in [0.29, 0.717) is 19.7 Å². The first-order valence-electron chi connectivity index (χ1n) is 8.61. The molecule has 0 atom stereocenters. The Morgan fingerprint density at radius 1 is 1.31 bits per heavy atom. The number of benzene rings is 1. The van der Waals surface area contributed by atoms with Crippen LogP contribution in [0.3, 0.4) is 0 Å². The van der Waals surface area contributed by atoms with E-state index >= 15 is 0 Å². The smallest absolute Gasteiger partial charge is 0.194 e. The Bertz CT molecular complexity index is 797. The summed E-state index contributed by atoms with van der Waals surface area (Å²) in [6.07, 6.45) is 1.20. The average molecular weight is 381 g/mol. The van der Waals surface area contributed by atoms with Crippen LogP contribution in [-0.2, 0) is 21.1 Å². The molecule has 7 nitrogen and oxygen atoms in total. The molecule has 0 fully saturated rings. The number of nitrogens with zero attached hydrogens (tertiary/aromatic N) is 2. The van der Waals surface area contributed by atoms with Gasteiger partial charge in [0.1, 0.15) is 21.2 Å². The summed E-state index contributed by atoms with van der Waals surface area (Å²) in [7, 11) is -1.04. The van der Waals surface area contributed by atoms with Crippen LogP contribution >= 0.6 is 0 Å². The number of guanidine groups is 1. The monoisotopic (exact) mass is 381 g/mol. The Balaban J connectivity index is 1.88. The summed E-state index contributed by atoms with van der Waals surface area (Å²) in [5, 5.41) is 4.32. The second kappa shape index (κ2) is 9.59. The van der Waals surface area contributed by atoms with Gasteiger partial charge in [0, 0.05) is 25.2 Å². The highest BCUT2D eigenvalue weighted by Crippen LogP contribution is 2.19. The van der Waals surface area contributed by atoms with Crippen LogP contribution in [0, 0.1) is 0 Å². The molecule has 0 spiro atoms. The van der Waals surface area contributed by atoms with Crippen molar-refractivity contribution in [3.63, 3.8) is 0 Å². The van der Waals surface area contributed by atoms with Gasteiger partial charge in [-0.25, -0.2) is 8.42 Å².